The van der Waals surface area contributed by atoms with Crippen LogP contribution in [0.4, 0.5) is 0 Å². The number of carbonyl (C=O) groups is 3. The number of rotatable bonds is 6. The summed E-state index contributed by atoms with van der Waals surface area (Å²) in [5.74, 6) is -3.68. The van der Waals surface area contributed by atoms with Crippen LogP contribution in [0.3, 0.4) is 0 Å². The molecule has 0 aromatic heterocycles. The summed E-state index contributed by atoms with van der Waals surface area (Å²) in [7, 11) is 0. The Balaban J connectivity index is 0.000000473. The minimum absolute atomic E-state index is 0. The van der Waals surface area contributed by atoms with E-state index in [9.17, 15) is 29.7 Å². The molecule has 0 bridgehead atoms. The van der Waals surface area contributed by atoms with Crippen molar-refractivity contribution < 1.29 is 46.8 Å². The van der Waals surface area contributed by atoms with Gasteiger partial charge >= 0.3 is 17.1 Å². The molecule has 3 aromatic rings. The van der Waals surface area contributed by atoms with Crippen LogP contribution in [0.25, 0.3) is 16.7 Å². The third kappa shape index (κ3) is 10.4. The Hall–Kier alpha value is -4.19. The molecule has 6 nitrogen and oxygen atoms in total. The Labute approximate surface area is 208 Å². The summed E-state index contributed by atoms with van der Waals surface area (Å²) in [5, 5.41) is 30.9. The Kier molecular flexibility index (Phi) is 13.7. The zero-order valence-electron chi connectivity index (χ0n) is 18.1. The van der Waals surface area contributed by atoms with Gasteiger partial charge in [0.2, 0.25) is 0 Å². The number of carboxylic acid groups (broad SMARTS) is 3. The largest absolute Gasteiger partial charge is 3.00 e. The fraction of sp³-hybridized carbons (Fsp3) is 0. The third-order valence-electron chi connectivity index (χ3n) is 4.11. The van der Waals surface area contributed by atoms with E-state index in [1.807, 2.05) is 18.2 Å². The maximum atomic E-state index is 10.3. The summed E-state index contributed by atoms with van der Waals surface area (Å²) >= 11 is 0. The number of carboxylic acids is 3. The van der Waals surface area contributed by atoms with Crippen LogP contribution in [0.1, 0.15) is 16.7 Å². The summed E-state index contributed by atoms with van der Waals surface area (Å²) < 4.78 is 0. The third-order valence-corrected chi connectivity index (χ3v) is 4.11. The van der Waals surface area contributed by atoms with Crippen LogP contribution < -0.4 is 15.3 Å². The number of benzene rings is 3. The van der Waals surface area contributed by atoms with Crippen LogP contribution in [0.5, 0.6) is 0 Å². The van der Waals surface area contributed by atoms with Gasteiger partial charge in [-0.1, -0.05) is 111 Å². The standard InChI is InChI=1S/3C9H8O2.Fe/c3*1-7(9(10)11)8-5-3-2-4-6-8;/h3*2-6H,1H2,(H,10,11);/q;;;+3/p-3. The van der Waals surface area contributed by atoms with Crippen LogP contribution in [-0.2, 0) is 31.5 Å². The molecule has 0 aliphatic carbocycles. The van der Waals surface area contributed by atoms with E-state index in [2.05, 4.69) is 19.7 Å². The van der Waals surface area contributed by atoms with E-state index in [0.717, 1.165) is 0 Å². The van der Waals surface area contributed by atoms with E-state index in [4.69, 9.17) is 0 Å². The number of aliphatic carboxylic acids is 3. The second-order valence-corrected chi connectivity index (χ2v) is 6.40. The van der Waals surface area contributed by atoms with E-state index < -0.39 is 17.9 Å². The van der Waals surface area contributed by atoms with Gasteiger partial charge in [0.25, 0.3) is 0 Å². The topological polar surface area (TPSA) is 120 Å². The number of carbonyl (C=O) groups excluding carboxylic acids is 3. The SMILES string of the molecule is C=C(C(=O)[O-])c1ccccc1.C=C(C(=O)[O-])c1ccccc1.C=C(C(=O)[O-])c1ccccc1.[Fe+3]. The predicted molar refractivity (Wildman–Crippen MR) is 121 cm³/mol. The summed E-state index contributed by atoms with van der Waals surface area (Å²) in [6, 6.07) is 26.0. The molecule has 0 N–H and O–H groups in total. The maximum Gasteiger partial charge on any atom is 3.00 e. The average Bonchev–Trinajstić information content (AvgIpc) is 2.84. The van der Waals surface area contributed by atoms with Gasteiger partial charge in [0.05, 0.1) is 17.9 Å². The van der Waals surface area contributed by atoms with Crippen molar-refractivity contribution in [2.45, 2.75) is 0 Å². The predicted octanol–water partition coefficient (Wildman–Crippen LogP) is 1.35. The van der Waals surface area contributed by atoms with E-state index in [1.54, 1.807) is 72.8 Å². The molecule has 0 amide bonds. The van der Waals surface area contributed by atoms with Gasteiger partial charge in [-0.3, -0.25) is 0 Å². The molecular weight excluding hydrogens is 476 g/mol. The van der Waals surface area contributed by atoms with E-state index in [0.29, 0.717) is 16.7 Å². The van der Waals surface area contributed by atoms with Crippen LogP contribution >= 0.6 is 0 Å². The molecular formula is C27H21FeO6. The second kappa shape index (κ2) is 15.6. The normalized spacial score (nSPS) is 8.82. The Morgan fingerprint density at radius 2 is 0.618 bits per heavy atom. The fourth-order valence-electron chi connectivity index (χ4n) is 2.27. The van der Waals surface area contributed by atoms with E-state index in [1.165, 1.54) is 0 Å². The van der Waals surface area contributed by atoms with Gasteiger partial charge in [0, 0.05) is 0 Å². The Morgan fingerprint density at radius 1 is 0.441 bits per heavy atom. The first-order valence-corrected chi connectivity index (χ1v) is 9.52. The molecule has 0 fully saturated rings. The molecule has 0 saturated heterocycles. The minimum Gasteiger partial charge on any atom is -0.545 e. The first kappa shape index (κ1) is 29.8. The molecule has 3 rings (SSSR count). The van der Waals surface area contributed by atoms with Crippen molar-refractivity contribution in [3.05, 3.63) is 127 Å². The number of hydrogen-bond acceptors (Lipinski definition) is 6. The molecule has 3 aromatic carbocycles. The maximum absolute atomic E-state index is 10.3. The number of hydrogen-bond donors (Lipinski definition) is 0. The zero-order valence-corrected chi connectivity index (χ0v) is 19.2. The van der Waals surface area contributed by atoms with E-state index in [-0.39, 0.29) is 33.8 Å². The smallest absolute Gasteiger partial charge is 0.545 e. The van der Waals surface area contributed by atoms with Crippen molar-refractivity contribution >= 4 is 34.6 Å². The summed E-state index contributed by atoms with van der Waals surface area (Å²) in [5.41, 5.74) is 1.83. The van der Waals surface area contributed by atoms with E-state index >= 15 is 0 Å². The first-order valence-electron chi connectivity index (χ1n) is 9.52. The van der Waals surface area contributed by atoms with Crippen molar-refractivity contribution in [3.63, 3.8) is 0 Å². The van der Waals surface area contributed by atoms with Gasteiger partial charge in [-0.2, -0.15) is 0 Å². The summed E-state index contributed by atoms with van der Waals surface area (Å²) in [6.07, 6.45) is 0. The molecule has 0 atom stereocenters. The summed E-state index contributed by atoms with van der Waals surface area (Å²) in [4.78, 5) is 30.9. The van der Waals surface area contributed by atoms with Crippen LogP contribution in [-0.4, -0.2) is 17.9 Å². The van der Waals surface area contributed by atoms with Crippen molar-refractivity contribution in [1.29, 1.82) is 0 Å². The molecule has 0 spiro atoms. The van der Waals surface area contributed by atoms with Crippen molar-refractivity contribution in [3.8, 4) is 0 Å². The van der Waals surface area contributed by atoms with Gasteiger partial charge < -0.3 is 29.7 Å². The van der Waals surface area contributed by atoms with Gasteiger partial charge in [0.1, 0.15) is 0 Å². The van der Waals surface area contributed by atoms with Gasteiger partial charge in [-0.15, -0.1) is 0 Å². The van der Waals surface area contributed by atoms with Crippen LogP contribution in [0, 0.1) is 0 Å². The molecule has 34 heavy (non-hydrogen) atoms. The first-order chi connectivity index (χ1) is 15.6. The quantitative estimate of drug-likeness (QED) is 0.375. The zero-order chi connectivity index (χ0) is 24.8. The van der Waals surface area contributed by atoms with Gasteiger partial charge in [-0.25, -0.2) is 0 Å². The van der Waals surface area contributed by atoms with Crippen molar-refractivity contribution in [1.82, 2.24) is 0 Å². The minimum atomic E-state index is -1.23. The van der Waals surface area contributed by atoms with Crippen molar-refractivity contribution in [2.75, 3.05) is 0 Å². The van der Waals surface area contributed by atoms with Crippen LogP contribution in [0.2, 0.25) is 0 Å². The van der Waals surface area contributed by atoms with Gasteiger partial charge in [-0.05, 0) is 33.4 Å². The van der Waals surface area contributed by atoms with Crippen molar-refractivity contribution in [2.24, 2.45) is 0 Å². The monoisotopic (exact) mass is 497 g/mol. The second-order valence-electron chi connectivity index (χ2n) is 6.40. The molecule has 0 saturated carbocycles. The average molecular weight is 497 g/mol. The van der Waals surface area contributed by atoms with Crippen LogP contribution in [0.15, 0.2) is 111 Å². The Bertz CT molecular complexity index is 977. The molecule has 173 valence electrons. The molecule has 0 aliphatic rings. The Morgan fingerprint density at radius 3 is 0.765 bits per heavy atom. The van der Waals surface area contributed by atoms with Gasteiger partial charge in [0.15, 0.2) is 0 Å². The summed E-state index contributed by atoms with van der Waals surface area (Å²) in [6.45, 7) is 10.1. The molecule has 0 unspecified atom stereocenters. The molecule has 7 heteroatoms. The molecule has 0 heterocycles. The fourth-order valence-corrected chi connectivity index (χ4v) is 2.27. The molecule has 1 radical (unpaired) electrons. The molecule has 0 aliphatic heterocycles.